The lowest BCUT2D eigenvalue weighted by Gasteiger charge is -2.39. The molecule has 0 spiro atoms. The van der Waals surface area contributed by atoms with Crippen LogP contribution in [0.2, 0.25) is 0 Å². The van der Waals surface area contributed by atoms with Gasteiger partial charge in [0.2, 0.25) is 0 Å². The Morgan fingerprint density at radius 1 is 1.05 bits per heavy atom. The molecule has 1 saturated heterocycles. The van der Waals surface area contributed by atoms with Gasteiger partial charge in [-0.3, -0.25) is 9.58 Å². The van der Waals surface area contributed by atoms with Gasteiger partial charge in [-0.2, -0.15) is 5.10 Å². The minimum Gasteiger partial charge on any atom is -0.461 e. The van der Waals surface area contributed by atoms with Crippen molar-refractivity contribution in [2.24, 2.45) is 7.05 Å². The van der Waals surface area contributed by atoms with Crippen molar-refractivity contribution in [2.75, 3.05) is 26.4 Å². The van der Waals surface area contributed by atoms with Crippen molar-refractivity contribution in [3.63, 3.8) is 0 Å². The van der Waals surface area contributed by atoms with E-state index < -0.39 is 35.8 Å². The highest BCUT2D eigenvalue weighted by molar-refractivity contribution is 5.89. The maximum Gasteiger partial charge on any atom is 0.410 e. The number of nitrogens with one attached hydrogen (secondary N) is 1. The molecular formula is C33H40N4O7. The molecule has 5 rings (SSSR count). The van der Waals surface area contributed by atoms with E-state index in [0.717, 1.165) is 22.3 Å². The molecule has 1 N–H and O–H groups in total. The Bertz CT molecular complexity index is 1470. The molecule has 44 heavy (non-hydrogen) atoms. The fourth-order valence-corrected chi connectivity index (χ4v) is 5.90. The molecule has 11 heteroatoms. The molecule has 2 aliphatic rings. The van der Waals surface area contributed by atoms with Crippen LogP contribution >= 0.6 is 0 Å². The van der Waals surface area contributed by atoms with Crippen molar-refractivity contribution in [1.82, 2.24) is 20.0 Å². The van der Waals surface area contributed by atoms with Crippen molar-refractivity contribution in [3.8, 4) is 11.1 Å². The highest BCUT2D eigenvalue weighted by Gasteiger charge is 2.38. The van der Waals surface area contributed by atoms with Gasteiger partial charge in [-0.05, 0) is 56.4 Å². The molecule has 2 atom stereocenters. The van der Waals surface area contributed by atoms with Crippen LogP contribution in [-0.2, 0) is 32.5 Å². The smallest absolute Gasteiger partial charge is 0.410 e. The van der Waals surface area contributed by atoms with E-state index in [1.807, 2.05) is 24.3 Å². The molecule has 2 aromatic carbocycles. The molecule has 1 aromatic heterocycles. The van der Waals surface area contributed by atoms with Crippen LogP contribution in [0.3, 0.4) is 0 Å². The minimum absolute atomic E-state index is 0.00975. The van der Waals surface area contributed by atoms with Gasteiger partial charge in [0.25, 0.3) is 0 Å². The number of hydrogen-bond donors (Lipinski definition) is 1. The lowest BCUT2D eigenvalue weighted by molar-refractivity contribution is -0.00717. The van der Waals surface area contributed by atoms with E-state index in [1.54, 1.807) is 45.8 Å². The minimum atomic E-state index is -0.703. The van der Waals surface area contributed by atoms with Crippen LogP contribution in [0.1, 0.15) is 67.2 Å². The number of fused-ring (bicyclic) bond motifs is 3. The van der Waals surface area contributed by atoms with E-state index in [2.05, 4.69) is 34.7 Å². The lowest BCUT2D eigenvalue weighted by Crippen LogP contribution is -2.58. The number of ether oxygens (including phenoxy) is 4. The lowest BCUT2D eigenvalue weighted by atomic mass is 9.98. The zero-order valence-corrected chi connectivity index (χ0v) is 25.9. The molecule has 2 heterocycles. The van der Waals surface area contributed by atoms with Gasteiger partial charge in [0.15, 0.2) is 5.69 Å². The van der Waals surface area contributed by atoms with Crippen LogP contribution in [0.4, 0.5) is 9.59 Å². The zero-order valence-electron chi connectivity index (χ0n) is 25.9. The fraction of sp³-hybridized carbons (Fsp3) is 0.455. The van der Waals surface area contributed by atoms with Gasteiger partial charge in [0.05, 0.1) is 31.8 Å². The summed E-state index contributed by atoms with van der Waals surface area (Å²) in [6.07, 6.45) is 0.929. The average molecular weight is 605 g/mol. The van der Waals surface area contributed by atoms with Crippen LogP contribution in [0.15, 0.2) is 54.7 Å². The first-order valence-corrected chi connectivity index (χ1v) is 14.9. The Labute approximate surface area is 257 Å². The van der Waals surface area contributed by atoms with E-state index in [1.165, 1.54) is 4.68 Å². The molecule has 1 aliphatic carbocycles. The Morgan fingerprint density at radius 2 is 1.70 bits per heavy atom. The summed E-state index contributed by atoms with van der Waals surface area (Å²) in [6, 6.07) is 15.2. The molecule has 0 unspecified atom stereocenters. The Morgan fingerprint density at radius 3 is 2.34 bits per heavy atom. The van der Waals surface area contributed by atoms with Gasteiger partial charge in [-0.15, -0.1) is 0 Å². The number of benzene rings is 2. The van der Waals surface area contributed by atoms with Crippen LogP contribution in [-0.4, -0.2) is 76.9 Å². The first kappa shape index (κ1) is 31.1. The number of rotatable bonds is 8. The molecule has 11 nitrogen and oxygen atoms in total. The van der Waals surface area contributed by atoms with Gasteiger partial charge < -0.3 is 24.3 Å². The number of aromatic nitrogens is 2. The highest BCUT2D eigenvalue weighted by Crippen LogP contribution is 2.44. The molecule has 1 aliphatic heterocycles. The number of carbonyl (C=O) groups is 3. The highest BCUT2D eigenvalue weighted by atomic mass is 16.6. The second-order valence-corrected chi connectivity index (χ2v) is 12.0. The Hall–Kier alpha value is -4.38. The van der Waals surface area contributed by atoms with Crippen LogP contribution in [0.5, 0.6) is 0 Å². The summed E-state index contributed by atoms with van der Waals surface area (Å²) >= 11 is 0. The van der Waals surface area contributed by atoms with Crippen molar-refractivity contribution >= 4 is 18.2 Å². The number of esters is 1. The fourth-order valence-electron chi connectivity index (χ4n) is 5.90. The number of nitrogens with zero attached hydrogens (tertiary/aromatic N) is 3. The van der Waals surface area contributed by atoms with Gasteiger partial charge in [0.1, 0.15) is 12.2 Å². The molecule has 0 bridgehead atoms. The number of carbonyl (C=O) groups excluding carboxylic acids is 3. The standard InChI is InChI=1S/C33H40N4O7/c1-6-42-30(38)29-21(17-36(5)35-29)18-37(28-15-16-41-20-27(28)34-31(39)44-33(2,3)4)32(40)43-19-26-24-13-9-7-11-22(24)23-12-8-10-14-25(23)26/h7-14,17,26-28H,6,15-16,18-20H2,1-5H3,(H,34,39)/t27-,28+/m1/s1. The molecule has 1 fully saturated rings. The van der Waals surface area contributed by atoms with Gasteiger partial charge in [-0.1, -0.05) is 48.5 Å². The first-order valence-electron chi connectivity index (χ1n) is 14.9. The Balaban J connectivity index is 1.43. The molecule has 234 valence electrons. The topological polar surface area (TPSA) is 121 Å². The molecule has 3 aromatic rings. The Kier molecular flexibility index (Phi) is 9.24. The number of amides is 2. The summed E-state index contributed by atoms with van der Waals surface area (Å²) in [4.78, 5) is 41.2. The predicted molar refractivity (Wildman–Crippen MR) is 162 cm³/mol. The SMILES string of the molecule is CCOC(=O)c1nn(C)cc1CN(C(=O)OCC1c2ccccc2-c2ccccc21)[C@H]1CCOC[C@H]1NC(=O)OC(C)(C)C. The third kappa shape index (κ3) is 6.88. The van der Waals surface area contributed by atoms with Crippen LogP contribution in [0.25, 0.3) is 11.1 Å². The second kappa shape index (κ2) is 13.1. The summed E-state index contributed by atoms with van der Waals surface area (Å²) in [5.74, 6) is -0.710. The summed E-state index contributed by atoms with van der Waals surface area (Å²) in [5, 5.41) is 7.19. The zero-order chi connectivity index (χ0) is 31.4. The van der Waals surface area contributed by atoms with Gasteiger partial charge >= 0.3 is 18.2 Å². The molecule has 0 radical (unpaired) electrons. The molecule has 2 amide bonds. The van der Waals surface area contributed by atoms with E-state index in [0.29, 0.717) is 18.6 Å². The van der Waals surface area contributed by atoms with Crippen molar-refractivity contribution < 1.29 is 33.3 Å². The third-order valence-electron chi connectivity index (χ3n) is 7.71. The summed E-state index contributed by atoms with van der Waals surface area (Å²) < 4.78 is 24.0. The first-order chi connectivity index (χ1) is 21.1. The number of alkyl carbamates (subject to hydrolysis) is 1. The van der Waals surface area contributed by atoms with Crippen molar-refractivity contribution in [3.05, 3.63) is 77.1 Å². The van der Waals surface area contributed by atoms with Crippen molar-refractivity contribution in [1.29, 1.82) is 0 Å². The molecular weight excluding hydrogens is 564 g/mol. The summed E-state index contributed by atoms with van der Waals surface area (Å²) in [6.45, 7) is 7.93. The molecule has 0 saturated carbocycles. The number of aryl methyl sites for hydroxylation is 1. The monoisotopic (exact) mass is 604 g/mol. The predicted octanol–water partition coefficient (Wildman–Crippen LogP) is 5.03. The van der Waals surface area contributed by atoms with Crippen LogP contribution < -0.4 is 5.32 Å². The van der Waals surface area contributed by atoms with E-state index >= 15 is 0 Å². The van der Waals surface area contributed by atoms with E-state index in [4.69, 9.17) is 18.9 Å². The quantitative estimate of drug-likeness (QED) is 0.281. The van der Waals surface area contributed by atoms with E-state index in [-0.39, 0.29) is 38.0 Å². The second-order valence-electron chi connectivity index (χ2n) is 12.0. The number of hydrogen-bond acceptors (Lipinski definition) is 8. The third-order valence-corrected chi connectivity index (χ3v) is 7.71. The van der Waals surface area contributed by atoms with Gasteiger partial charge in [-0.25, -0.2) is 14.4 Å². The van der Waals surface area contributed by atoms with E-state index in [9.17, 15) is 14.4 Å². The van der Waals surface area contributed by atoms with Crippen LogP contribution in [0, 0.1) is 0 Å². The largest absolute Gasteiger partial charge is 0.461 e. The summed E-state index contributed by atoms with van der Waals surface area (Å²) in [7, 11) is 1.70. The maximum absolute atomic E-state index is 14.1. The van der Waals surface area contributed by atoms with Gasteiger partial charge in [0, 0.05) is 31.3 Å². The summed E-state index contributed by atoms with van der Waals surface area (Å²) in [5.41, 5.74) is 4.37. The average Bonchev–Trinajstić information content (AvgIpc) is 3.51. The van der Waals surface area contributed by atoms with Crippen molar-refractivity contribution in [2.45, 2.75) is 64.3 Å². The maximum atomic E-state index is 14.1. The normalized spacial score (nSPS) is 17.8.